The molecule has 1 aromatic heterocycles. The van der Waals surface area contributed by atoms with Crippen molar-refractivity contribution >= 4 is 22.5 Å². The Morgan fingerprint density at radius 1 is 1.00 bits per heavy atom. The monoisotopic (exact) mass is 283 g/mol. The number of fused-ring (bicyclic) bond motifs is 1. The van der Waals surface area contributed by atoms with E-state index in [1.165, 1.54) is 0 Å². The molecule has 0 amide bonds. The molecule has 0 aliphatic heterocycles. The zero-order valence-corrected chi connectivity index (χ0v) is 11.9. The summed E-state index contributed by atoms with van der Waals surface area (Å²) >= 11 is 5.87. The van der Waals surface area contributed by atoms with Crippen molar-refractivity contribution < 1.29 is 4.74 Å². The van der Waals surface area contributed by atoms with Crippen molar-refractivity contribution in [1.82, 2.24) is 4.98 Å². The fourth-order valence-electron chi connectivity index (χ4n) is 2.08. The Labute approximate surface area is 123 Å². The number of benzene rings is 2. The van der Waals surface area contributed by atoms with E-state index in [0.29, 0.717) is 6.61 Å². The summed E-state index contributed by atoms with van der Waals surface area (Å²) < 4.78 is 5.89. The number of pyridine rings is 1. The van der Waals surface area contributed by atoms with Crippen LogP contribution in [0.1, 0.15) is 11.3 Å². The number of aryl methyl sites for hydroxylation is 1. The summed E-state index contributed by atoms with van der Waals surface area (Å²) in [7, 11) is 0. The largest absolute Gasteiger partial charge is 0.487 e. The molecule has 2 aromatic carbocycles. The average Bonchev–Trinajstić information content (AvgIpc) is 2.47. The van der Waals surface area contributed by atoms with E-state index in [1.54, 1.807) is 0 Å². The topological polar surface area (TPSA) is 22.1 Å². The number of rotatable bonds is 3. The van der Waals surface area contributed by atoms with Gasteiger partial charge in [0, 0.05) is 16.1 Å². The van der Waals surface area contributed by atoms with Crippen molar-refractivity contribution in [1.29, 1.82) is 0 Å². The van der Waals surface area contributed by atoms with Crippen molar-refractivity contribution in [2.75, 3.05) is 0 Å². The highest BCUT2D eigenvalue weighted by Crippen LogP contribution is 2.24. The second-order valence-electron chi connectivity index (χ2n) is 4.70. The van der Waals surface area contributed by atoms with Crippen molar-refractivity contribution in [2.45, 2.75) is 13.5 Å². The second-order valence-corrected chi connectivity index (χ2v) is 5.13. The first kappa shape index (κ1) is 12.9. The lowest BCUT2D eigenvalue weighted by Gasteiger charge is -2.09. The Morgan fingerprint density at radius 2 is 1.80 bits per heavy atom. The molecule has 0 aliphatic rings. The quantitative estimate of drug-likeness (QED) is 0.690. The standard InChI is InChI=1S/C17H14ClNO/c1-12-5-8-14-3-2-4-16(17(14)19-12)20-11-13-6-9-15(18)10-7-13/h2-10H,11H2,1H3. The van der Waals surface area contributed by atoms with Crippen LogP contribution in [0.2, 0.25) is 5.02 Å². The van der Waals surface area contributed by atoms with E-state index in [1.807, 2.05) is 55.5 Å². The predicted molar refractivity (Wildman–Crippen MR) is 82.3 cm³/mol. The van der Waals surface area contributed by atoms with Gasteiger partial charge in [-0.05, 0) is 36.8 Å². The van der Waals surface area contributed by atoms with Crippen LogP contribution in [0.4, 0.5) is 0 Å². The maximum atomic E-state index is 5.89. The molecule has 2 nitrogen and oxygen atoms in total. The minimum Gasteiger partial charge on any atom is -0.487 e. The molecule has 0 unspecified atom stereocenters. The summed E-state index contributed by atoms with van der Waals surface area (Å²) in [6.45, 7) is 2.49. The lowest BCUT2D eigenvalue weighted by atomic mass is 10.2. The third-order valence-electron chi connectivity index (χ3n) is 3.13. The first-order valence-electron chi connectivity index (χ1n) is 6.46. The SMILES string of the molecule is Cc1ccc2cccc(OCc3ccc(Cl)cc3)c2n1. The van der Waals surface area contributed by atoms with Gasteiger partial charge in [0.15, 0.2) is 0 Å². The van der Waals surface area contributed by atoms with Crippen LogP contribution >= 0.6 is 11.6 Å². The van der Waals surface area contributed by atoms with Crippen molar-refractivity contribution in [2.24, 2.45) is 0 Å². The highest BCUT2D eigenvalue weighted by molar-refractivity contribution is 6.30. The summed E-state index contributed by atoms with van der Waals surface area (Å²) in [4.78, 5) is 4.56. The molecular formula is C17H14ClNO. The van der Waals surface area contributed by atoms with E-state index in [0.717, 1.165) is 32.9 Å². The van der Waals surface area contributed by atoms with Crippen LogP contribution in [-0.2, 0) is 6.61 Å². The van der Waals surface area contributed by atoms with Crippen LogP contribution in [0.5, 0.6) is 5.75 Å². The minimum atomic E-state index is 0.506. The van der Waals surface area contributed by atoms with E-state index in [-0.39, 0.29) is 0 Å². The fraction of sp³-hybridized carbons (Fsp3) is 0.118. The average molecular weight is 284 g/mol. The van der Waals surface area contributed by atoms with Crippen molar-refractivity contribution in [3.8, 4) is 5.75 Å². The number of hydrogen-bond donors (Lipinski definition) is 0. The van der Waals surface area contributed by atoms with E-state index in [2.05, 4.69) is 11.1 Å². The highest BCUT2D eigenvalue weighted by Gasteiger charge is 2.04. The molecule has 100 valence electrons. The zero-order valence-electron chi connectivity index (χ0n) is 11.1. The number of ether oxygens (including phenoxy) is 1. The molecule has 0 spiro atoms. The minimum absolute atomic E-state index is 0.506. The Hall–Kier alpha value is -2.06. The van der Waals surface area contributed by atoms with Gasteiger partial charge in [-0.1, -0.05) is 41.9 Å². The summed E-state index contributed by atoms with van der Waals surface area (Å²) in [6, 6.07) is 17.7. The molecule has 3 aromatic rings. The van der Waals surface area contributed by atoms with Gasteiger partial charge in [-0.2, -0.15) is 0 Å². The molecular weight excluding hydrogens is 270 g/mol. The number of nitrogens with zero attached hydrogens (tertiary/aromatic N) is 1. The second kappa shape index (κ2) is 5.51. The molecule has 1 heterocycles. The van der Waals surface area contributed by atoms with Crippen LogP contribution < -0.4 is 4.74 Å². The predicted octanol–water partition coefficient (Wildman–Crippen LogP) is 4.78. The molecule has 0 aliphatic carbocycles. The third-order valence-corrected chi connectivity index (χ3v) is 3.38. The van der Waals surface area contributed by atoms with Gasteiger partial charge in [0.25, 0.3) is 0 Å². The molecule has 20 heavy (non-hydrogen) atoms. The number of para-hydroxylation sites is 1. The Balaban J connectivity index is 1.87. The molecule has 0 fully saturated rings. The summed E-state index contributed by atoms with van der Waals surface area (Å²) in [5.41, 5.74) is 2.97. The van der Waals surface area contributed by atoms with Gasteiger partial charge < -0.3 is 4.74 Å². The maximum absolute atomic E-state index is 5.89. The number of hydrogen-bond acceptors (Lipinski definition) is 2. The summed E-state index contributed by atoms with van der Waals surface area (Å²) in [6.07, 6.45) is 0. The fourth-order valence-corrected chi connectivity index (χ4v) is 2.20. The van der Waals surface area contributed by atoms with Gasteiger partial charge in [0.1, 0.15) is 17.9 Å². The van der Waals surface area contributed by atoms with Gasteiger partial charge >= 0.3 is 0 Å². The molecule has 3 heteroatoms. The van der Waals surface area contributed by atoms with Crippen LogP contribution in [0.3, 0.4) is 0 Å². The molecule has 0 radical (unpaired) electrons. The maximum Gasteiger partial charge on any atom is 0.146 e. The lowest BCUT2D eigenvalue weighted by molar-refractivity contribution is 0.309. The molecule has 0 saturated heterocycles. The number of aromatic nitrogens is 1. The lowest BCUT2D eigenvalue weighted by Crippen LogP contribution is -1.97. The smallest absolute Gasteiger partial charge is 0.146 e. The van der Waals surface area contributed by atoms with Crippen molar-refractivity contribution in [3.05, 3.63) is 70.9 Å². The molecule has 0 saturated carbocycles. The van der Waals surface area contributed by atoms with Crippen LogP contribution in [0, 0.1) is 6.92 Å². The van der Waals surface area contributed by atoms with Gasteiger partial charge in [0.2, 0.25) is 0 Å². The van der Waals surface area contributed by atoms with Crippen molar-refractivity contribution in [3.63, 3.8) is 0 Å². The van der Waals surface area contributed by atoms with Crippen LogP contribution in [0.15, 0.2) is 54.6 Å². The third kappa shape index (κ3) is 2.75. The summed E-state index contributed by atoms with van der Waals surface area (Å²) in [5.74, 6) is 0.807. The van der Waals surface area contributed by atoms with Gasteiger partial charge in [-0.15, -0.1) is 0 Å². The number of halogens is 1. The van der Waals surface area contributed by atoms with Gasteiger partial charge in [-0.3, -0.25) is 0 Å². The first-order chi connectivity index (χ1) is 9.72. The van der Waals surface area contributed by atoms with E-state index in [4.69, 9.17) is 16.3 Å². The Kier molecular flexibility index (Phi) is 3.57. The first-order valence-corrected chi connectivity index (χ1v) is 6.84. The van der Waals surface area contributed by atoms with Gasteiger partial charge in [0.05, 0.1) is 0 Å². The summed E-state index contributed by atoms with van der Waals surface area (Å²) in [5, 5.41) is 1.82. The molecule has 0 N–H and O–H groups in total. The Morgan fingerprint density at radius 3 is 2.60 bits per heavy atom. The Bertz CT molecular complexity index is 738. The normalized spacial score (nSPS) is 10.7. The molecule has 3 rings (SSSR count). The van der Waals surface area contributed by atoms with Crippen LogP contribution in [0.25, 0.3) is 10.9 Å². The van der Waals surface area contributed by atoms with Crippen LogP contribution in [-0.4, -0.2) is 4.98 Å². The zero-order chi connectivity index (χ0) is 13.9. The molecule has 0 atom stereocenters. The molecule has 0 bridgehead atoms. The highest BCUT2D eigenvalue weighted by atomic mass is 35.5. The van der Waals surface area contributed by atoms with Gasteiger partial charge in [-0.25, -0.2) is 4.98 Å². The van der Waals surface area contributed by atoms with E-state index < -0.39 is 0 Å². The van der Waals surface area contributed by atoms with E-state index in [9.17, 15) is 0 Å². The van der Waals surface area contributed by atoms with E-state index >= 15 is 0 Å².